The van der Waals surface area contributed by atoms with E-state index in [-0.39, 0.29) is 11.7 Å². The van der Waals surface area contributed by atoms with Crippen molar-refractivity contribution in [3.05, 3.63) is 121 Å². The molecule has 0 fully saturated rings. The predicted molar refractivity (Wildman–Crippen MR) is 144 cm³/mol. The molecular weight excluding hydrogens is 446 g/mol. The number of amides is 1. The van der Waals surface area contributed by atoms with Crippen molar-refractivity contribution in [2.24, 2.45) is 0 Å². The van der Waals surface area contributed by atoms with Crippen LogP contribution in [0.2, 0.25) is 0 Å². The van der Waals surface area contributed by atoms with Crippen molar-refractivity contribution in [1.29, 1.82) is 0 Å². The summed E-state index contributed by atoms with van der Waals surface area (Å²) < 4.78 is 2.06. The highest BCUT2D eigenvalue weighted by Crippen LogP contribution is 2.32. The minimum absolute atomic E-state index is 0.209. The largest absolute Gasteiger partial charge is 0.345 e. The zero-order valence-electron chi connectivity index (χ0n) is 20.1. The molecule has 1 amide bonds. The lowest BCUT2D eigenvalue weighted by Crippen LogP contribution is -2.19. The molecule has 0 atom stereocenters. The third-order valence-corrected chi connectivity index (χ3v) is 6.03. The van der Waals surface area contributed by atoms with Gasteiger partial charge in [0.15, 0.2) is 5.78 Å². The van der Waals surface area contributed by atoms with Crippen molar-refractivity contribution >= 4 is 17.3 Å². The van der Waals surface area contributed by atoms with Crippen LogP contribution in [0.15, 0.2) is 116 Å². The van der Waals surface area contributed by atoms with Gasteiger partial charge in [-0.1, -0.05) is 84.9 Å². The molecule has 5 heteroatoms. The fourth-order valence-corrected chi connectivity index (χ4v) is 4.05. The molecule has 176 valence electrons. The van der Waals surface area contributed by atoms with E-state index in [1.807, 2.05) is 54.7 Å². The number of fused-ring (bicyclic) bond motifs is 1. The van der Waals surface area contributed by atoms with Crippen molar-refractivity contribution < 1.29 is 9.59 Å². The number of hydrogen-bond donors (Lipinski definition) is 0. The van der Waals surface area contributed by atoms with Gasteiger partial charge in [0.1, 0.15) is 5.65 Å². The lowest BCUT2D eigenvalue weighted by molar-refractivity contribution is -0.123. The summed E-state index contributed by atoms with van der Waals surface area (Å²) in [5.41, 5.74) is 7.48. The predicted octanol–water partition coefficient (Wildman–Crippen LogP) is 6.16. The van der Waals surface area contributed by atoms with Gasteiger partial charge in [-0.25, -0.2) is 4.98 Å². The SMILES string of the molecule is CN(C)C(=O)C=CC(=O)c1ccc(-c2cc(-c3ccccc3)c3nc(-c4ccccc4)cn3c2)cc1. The zero-order valence-corrected chi connectivity index (χ0v) is 20.1. The van der Waals surface area contributed by atoms with Crippen molar-refractivity contribution in [1.82, 2.24) is 14.3 Å². The maximum absolute atomic E-state index is 12.5. The molecule has 0 bridgehead atoms. The molecule has 36 heavy (non-hydrogen) atoms. The molecule has 2 aromatic heterocycles. The minimum Gasteiger partial charge on any atom is -0.345 e. The Labute approximate surface area is 210 Å². The standard InChI is InChI=1S/C31H25N3O2/c1-33(2)30(36)18-17-29(35)25-15-13-22(14-16-25)26-19-27(23-9-5-3-6-10-23)31-32-28(21-34(31)20-26)24-11-7-4-8-12-24/h3-21H,1-2H3. The molecule has 0 aliphatic heterocycles. The summed E-state index contributed by atoms with van der Waals surface area (Å²) in [6.45, 7) is 0. The van der Waals surface area contributed by atoms with Gasteiger partial charge in [0.05, 0.1) is 5.69 Å². The van der Waals surface area contributed by atoms with E-state index >= 15 is 0 Å². The van der Waals surface area contributed by atoms with Crippen molar-refractivity contribution in [3.63, 3.8) is 0 Å². The van der Waals surface area contributed by atoms with Gasteiger partial charge in [-0.05, 0) is 28.8 Å². The highest BCUT2D eigenvalue weighted by Gasteiger charge is 2.13. The Morgan fingerprint density at radius 2 is 1.36 bits per heavy atom. The Morgan fingerprint density at radius 1 is 0.722 bits per heavy atom. The fraction of sp³-hybridized carbons (Fsp3) is 0.0645. The second-order valence-electron chi connectivity index (χ2n) is 8.74. The molecule has 0 spiro atoms. The fourth-order valence-electron chi connectivity index (χ4n) is 4.05. The molecule has 2 heterocycles. The summed E-state index contributed by atoms with van der Waals surface area (Å²) in [4.78, 5) is 30.6. The van der Waals surface area contributed by atoms with E-state index in [1.165, 1.54) is 17.1 Å². The molecule has 5 nitrogen and oxygen atoms in total. The highest BCUT2D eigenvalue weighted by molar-refractivity contribution is 6.07. The molecule has 0 radical (unpaired) electrons. The average molecular weight is 472 g/mol. The topological polar surface area (TPSA) is 54.7 Å². The summed E-state index contributed by atoms with van der Waals surface area (Å²) >= 11 is 0. The number of ketones is 1. The van der Waals surface area contributed by atoms with Crippen LogP contribution in [0, 0.1) is 0 Å². The number of carbonyl (C=O) groups is 2. The normalized spacial score (nSPS) is 11.2. The lowest BCUT2D eigenvalue weighted by atomic mass is 9.99. The first kappa shape index (κ1) is 23.0. The molecule has 5 rings (SSSR count). The van der Waals surface area contributed by atoms with Crippen LogP contribution in [0.1, 0.15) is 10.4 Å². The van der Waals surface area contributed by atoms with Gasteiger partial charge < -0.3 is 9.30 Å². The number of allylic oxidation sites excluding steroid dienone is 1. The van der Waals surface area contributed by atoms with Crippen LogP contribution >= 0.6 is 0 Å². The van der Waals surface area contributed by atoms with Crippen molar-refractivity contribution in [2.75, 3.05) is 14.1 Å². The molecule has 0 unspecified atom stereocenters. The van der Waals surface area contributed by atoms with Gasteiger partial charge in [0.2, 0.25) is 5.91 Å². The van der Waals surface area contributed by atoms with E-state index in [2.05, 4.69) is 40.9 Å². The number of carbonyl (C=O) groups excluding carboxylic acids is 2. The van der Waals surface area contributed by atoms with Crippen LogP contribution in [0.5, 0.6) is 0 Å². The Morgan fingerprint density at radius 3 is 2.00 bits per heavy atom. The second-order valence-corrected chi connectivity index (χ2v) is 8.74. The number of imidazole rings is 1. The zero-order chi connectivity index (χ0) is 25.1. The minimum atomic E-state index is -0.225. The Hall–Kier alpha value is -4.77. The maximum atomic E-state index is 12.5. The molecule has 0 aliphatic carbocycles. The molecular formula is C31H25N3O2. The van der Waals surface area contributed by atoms with Gasteiger partial charge in [-0.2, -0.15) is 0 Å². The third kappa shape index (κ3) is 4.72. The molecule has 0 saturated carbocycles. The molecule has 3 aromatic carbocycles. The molecule has 0 N–H and O–H groups in total. The second kappa shape index (κ2) is 9.84. The Balaban J connectivity index is 1.55. The Bertz CT molecular complexity index is 1570. The van der Waals surface area contributed by atoms with Crippen molar-refractivity contribution in [2.45, 2.75) is 0 Å². The van der Waals surface area contributed by atoms with E-state index in [4.69, 9.17) is 4.98 Å². The lowest BCUT2D eigenvalue weighted by Gasteiger charge is -2.09. The first-order valence-corrected chi connectivity index (χ1v) is 11.7. The van der Waals surface area contributed by atoms with Crippen LogP contribution in [0.4, 0.5) is 0 Å². The number of nitrogens with zero attached hydrogens (tertiary/aromatic N) is 3. The highest BCUT2D eigenvalue weighted by atomic mass is 16.2. The van der Waals surface area contributed by atoms with Gasteiger partial charge in [-0.15, -0.1) is 0 Å². The van der Waals surface area contributed by atoms with Gasteiger partial charge in [0.25, 0.3) is 0 Å². The van der Waals surface area contributed by atoms with E-state index in [1.54, 1.807) is 26.2 Å². The van der Waals surface area contributed by atoms with Crippen LogP contribution < -0.4 is 0 Å². The van der Waals surface area contributed by atoms with E-state index in [9.17, 15) is 9.59 Å². The smallest absolute Gasteiger partial charge is 0.246 e. The molecule has 0 aliphatic rings. The quantitative estimate of drug-likeness (QED) is 0.220. The van der Waals surface area contributed by atoms with Crippen LogP contribution in [-0.2, 0) is 4.79 Å². The number of benzene rings is 3. The first-order chi connectivity index (χ1) is 17.5. The maximum Gasteiger partial charge on any atom is 0.246 e. The van der Waals surface area contributed by atoms with Gasteiger partial charge in [0, 0.05) is 49.3 Å². The van der Waals surface area contributed by atoms with E-state index in [0.29, 0.717) is 5.56 Å². The number of rotatable bonds is 6. The average Bonchev–Trinajstić information content (AvgIpc) is 3.36. The van der Waals surface area contributed by atoms with Crippen LogP contribution in [0.3, 0.4) is 0 Å². The number of pyridine rings is 1. The van der Waals surface area contributed by atoms with Gasteiger partial charge in [-0.3, -0.25) is 9.59 Å². The number of hydrogen-bond acceptors (Lipinski definition) is 3. The summed E-state index contributed by atoms with van der Waals surface area (Å²) in [5.74, 6) is -0.434. The summed E-state index contributed by atoms with van der Waals surface area (Å²) in [6.07, 6.45) is 6.71. The summed E-state index contributed by atoms with van der Waals surface area (Å²) in [7, 11) is 3.30. The number of aromatic nitrogens is 2. The third-order valence-electron chi connectivity index (χ3n) is 6.03. The van der Waals surface area contributed by atoms with Crippen LogP contribution in [0.25, 0.3) is 39.2 Å². The first-order valence-electron chi connectivity index (χ1n) is 11.7. The van der Waals surface area contributed by atoms with Crippen LogP contribution in [-0.4, -0.2) is 40.1 Å². The monoisotopic (exact) mass is 471 g/mol. The summed E-state index contributed by atoms with van der Waals surface area (Å²) in [5, 5.41) is 0. The van der Waals surface area contributed by atoms with Crippen molar-refractivity contribution in [3.8, 4) is 33.5 Å². The summed E-state index contributed by atoms with van der Waals surface area (Å²) in [6, 6.07) is 29.9. The molecule has 0 saturated heterocycles. The molecule has 5 aromatic rings. The number of likely N-dealkylation sites (N-methyl/N-ethyl adjacent to an activating group) is 1. The van der Waals surface area contributed by atoms with E-state index in [0.717, 1.165) is 39.2 Å². The van der Waals surface area contributed by atoms with E-state index < -0.39 is 0 Å². The Kier molecular flexibility index (Phi) is 6.29. The van der Waals surface area contributed by atoms with Gasteiger partial charge >= 0.3 is 0 Å².